The molecular formula is C14H20O9. The third kappa shape index (κ3) is 6.23. The lowest BCUT2D eigenvalue weighted by Gasteiger charge is -2.27. The Bertz CT molecular complexity index is 473. The molecule has 1 heterocycles. The average Bonchev–Trinajstić information content (AvgIpc) is 2.75. The van der Waals surface area contributed by atoms with Crippen molar-refractivity contribution < 1.29 is 42.9 Å². The van der Waals surface area contributed by atoms with Crippen molar-refractivity contribution in [2.45, 2.75) is 52.1 Å². The fraction of sp³-hybridized carbons (Fsp3) is 0.714. The van der Waals surface area contributed by atoms with E-state index in [2.05, 4.69) is 0 Å². The van der Waals surface area contributed by atoms with Crippen LogP contribution in [0.1, 0.15) is 27.7 Å². The summed E-state index contributed by atoms with van der Waals surface area (Å²) in [5.74, 6) is -2.37. The van der Waals surface area contributed by atoms with E-state index in [4.69, 9.17) is 23.7 Å². The zero-order valence-electron chi connectivity index (χ0n) is 13.4. The Labute approximate surface area is 133 Å². The third-order valence-corrected chi connectivity index (χ3v) is 2.90. The first kappa shape index (κ1) is 18.9. The minimum atomic E-state index is -0.999. The monoisotopic (exact) mass is 332 g/mol. The highest BCUT2D eigenvalue weighted by Crippen LogP contribution is 2.25. The molecule has 9 heteroatoms. The Morgan fingerprint density at radius 3 is 2.04 bits per heavy atom. The molecule has 1 saturated heterocycles. The minimum absolute atomic E-state index is 0.0416. The van der Waals surface area contributed by atoms with Crippen LogP contribution in [0.4, 0.5) is 0 Å². The molecule has 0 N–H and O–H groups in total. The molecule has 1 rings (SSSR count). The summed E-state index contributed by atoms with van der Waals surface area (Å²) in [6.07, 6.45) is -3.74. The zero-order chi connectivity index (χ0) is 17.6. The first-order valence-electron chi connectivity index (χ1n) is 6.97. The maximum absolute atomic E-state index is 11.3. The smallest absolute Gasteiger partial charge is 0.303 e. The van der Waals surface area contributed by atoms with Crippen molar-refractivity contribution in [2.75, 3.05) is 13.2 Å². The van der Waals surface area contributed by atoms with E-state index in [0.29, 0.717) is 0 Å². The summed E-state index contributed by atoms with van der Waals surface area (Å²) < 4.78 is 25.6. The quantitative estimate of drug-likeness (QED) is 0.479. The number of ether oxygens (including phenoxy) is 5. The Hall–Kier alpha value is -2.16. The van der Waals surface area contributed by atoms with Crippen LogP contribution in [0.25, 0.3) is 0 Å². The predicted molar refractivity (Wildman–Crippen MR) is 73.0 cm³/mol. The van der Waals surface area contributed by atoms with Gasteiger partial charge in [0.15, 0.2) is 18.3 Å². The molecule has 4 atom stereocenters. The van der Waals surface area contributed by atoms with Crippen molar-refractivity contribution in [3.05, 3.63) is 0 Å². The average molecular weight is 332 g/mol. The van der Waals surface area contributed by atoms with Crippen molar-refractivity contribution in [1.82, 2.24) is 0 Å². The number of hydrogen-bond acceptors (Lipinski definition) is 9. The van der Waals surface area contributed by atoms with Crippen LogP contribution in [0, 0.1) is 0 Å². The standard InChI is InChI=1S/C14H20O9/c1-7(15)19-5-11(21-8(2)16)13-14(23-10(4)18)12(6-20-13)22-9(3)17/h11-14H,5-6H2,1-4H3/t11-,12?,13-,14-/m1/s1. The molecule has 0 aliphatic carbocycles. The fourth-order valence-electron chi connectivity index (χ4n) is 2.18. The van der Waals surface area contributed by atoms with E-state index in [-0.39, 0.29) is 13.2 Å². The van der Waals surface area contributed by atoms with Crippen molar-refractivity contribution in [1.29, 1.82) is 0 Å². The van der Waals surface area contributed by atoms with Gasteiger partial charge < -0.3 is 23.7 Å². The maximum atomic E-state index is 11.3. The van der Waals surface area contributed by atoms with E-state index in [9.17, 15) is 19.2 Å². The van der Waals surface area contributed by atoms with Gasteiger partial charge in [-0.25, -0.2) is 0 Å². The van der Waals surface area contributed by atoms with E-state index in [1.165, 1.54) is 27.7 Å². The highest BCUT2D eigenvalue weighted by Gasteiger charge is 2.47. The van der Waals surface area contributed by atoms with Crippen LogP contribution in [0.15, 0.2) is 0 Å². The second-order valence-electron chi connectivity index (χ2n) is 4.97. The van der Waals surface area contributed by atoms with Gasteiger partial charge in [-0.3, -0.25) is 19.2 Å². The van der Waals surface area contributed by atoms with E-state index < -0.39 is 48.3 Å². The molecule has 1 fully saturated rings. The Morgan fingerprint density at radius 2 is 1.57 bits per heavy atom. The SMILES string of the molecule is CC(=O)OC[C@@H](OC(C)=O)[C@H]1OCC(OC(C)=O)[C@H]1OC(C)=O. The van der Waals surface area contributed by atoms with Crippen LogP contribution in [0.3, 0.4) is 0 Å². The first-order valence-corrected chi connectivity index (χ1v) is 6.97. The lowest BCUT2D eigenvalue weighted by atomic mass is 10.1. The molecule has 0 bridgehead atoms. The zero-order valence-corrected chi connectivity index (χ0v) is 13.4. The second kappa shape index (κ2) is 8.47. The summed E-state index contributed by atoms with van der Waals surface area (Å²) in [4.78, 5) is 44.6. The first-order chi connectivity index (χ1) is 10.7. The summed E-state index contributed by atoms with van der Waals surface area (Å²) in [5.41, 5.74) is 0. The number of hydrogen-bond donors (Lipinski definition) is 0. The molecule has 0 spiro atoms. The molecular weight excluding hydrogens is 312 g/mol. The van der Waals surface area contributed by atoms with Crippen molar-refractivity contribution in [3.63, 3.8) is 0 Å². The highest BCUT2D eigenvalue weighted by molar-refractivity contribution is 5.68. The van der Waals surface area contributed by atoms with Gasteiger partial charge in [0.1, 0.15) is 12.7 Å². The molecule has 9 nitrogen and oxygen atoms in total. The number of carbonyl (C=O) groups is 4. The van der Waals surface area contributed by atoms with Gasteiger partial charge in [-0.15, -0.1) is 0 Å². The van der Waals surface area contributed by atoms with E-state index in [1.807, 2.05) is 0 Å². The summed E-state index contributed by atoms with van der Waals surface area (Å²) in [7, 11) is 0. The predicted octanol–water partition coefficient (Wildman–Crippen LogP) is -0.257. The van der Waals surface area contributed by atoms with Gasteiger partial charge >= 0.3 is 23.9 Å². The molecule has 0 radical (unpaired) electrons. The van der Waals surface area contributed by atoms with Gasteiger partial charge in [0, 0.05) is 27.7 Å². The molecule has 0 aromatic carbocycles. The van der Waals surface area contributed by atoms with Crippen LogP contribution in [0.5, 0.6) is 0 Å². The number of carbonyl (C=O) groups excluding carboxylic acids is 4. The van der Waals surface area contributed by atoms with E-state index in [1.54, 1.807) is 0 Å². The van der Waals surface area contributed by atoms with Crippen LogP contribution in [-0.2, 0) is 42.9 Å². The Balaban J connectivity index is 2.91. The fourth-order valence-corrected chi connectivity index (χ4v) is 2.18. The number of esters is 4. The van der Waals surface area contributed by atoms with E-state index in [0.717, 1.165) is 0 Å². The molecule has 0 amide bonds. The molecule has 0 saturated carbocycles. The molecule has 1 aliphatic heterocycles. The lowest BCUT2D eigenvalue weighted by Crippen LogP contribution is -2.46. The van der Waals surface area contributed by atoms with Gasteiger partial charge in [0.25, 0.3) is 0 Å². The third-order valence-electron chi connectivity index (χ3n) is 2.90. The van der Waals surface area contributed by atoms with Gasteiger partial charge in [0.2, 0.25) is 0 Å². The van der Waals surface area contributed by atoms with Gasteiger partial charge in [0.05, 0.1) is 6.61 Å². The molecule has 0 aromatic heterocycles. The molecule has 0 aromatic rings. The maximum Gasteiger partial charge on any atom is 0.303 e. The molecule has 23 heavy (non-hydrogen) atoms. The topological polar surface area (TPSA) is 114 Å². The van der Waals surface area contributed by atoms with Gasteiger partial charge in [-0.1, -0.05) is 0 Å². The largest absolute Gasteiger partial charge is 0.462 e. The highest BCUT2D eigenvalue weighted by atomic mass is 16.7. The number of rotatable bonds is 6. The van der Waals surface area contributed by atoms with Crippen LogP contribution in [0.2, 0.25) is 0 Å². The van der Waals surface area contributed by atoms with Crippen LogP contribution >= 0.6 is 0 Å². The van der Waals surface area contributed by atoms with Crippen LogP contribution < -0.4 is 0 Å². The normalized spacial score (nSPS) is 24.4. The lowest BCUT2D eigenvalue weighted by molar-refractivity contribution is -0.176. The molecule has 130 valence electrons. The van der Waals surface area contributed by atoms with Gasteiger partial charge in [-0.2, -0.15) is 0 Å². The van der Waals surface area contributed by atoms with Crippen molar-refractivity contribution in [3.8, 4) is 0 Å². The van der Waals surface area contributed by atoms with Crippen molar-refractivity contribution in [2.24, 2.45) is 0 Å². The summed E-state index contributed by atoms with van der Waals surface area (Å²) >= 11 is 0. The Kier molecular flexibility index (Phi) is 6.95. The molecule has 1 unspecified atom stereocenters. The summed E-state index contributed by atoms with van der Waals surface area (Å²) in [5, 5.41) is 0. The summed E-state index contributed by atoms with van der Waals surface area (Å²) in [6.45, 7) is 4.46. The van der Waals surface area contributed by atoms with Gasteiger partial charge in [-0.05, 0) is 0 Å². The Morgan fingerprint density at radius 1 is 0.957 bits per heavy atom. The summed E-state index contributed by atoms with van der Waals surface area (Å²) in [6, 6.07) is 0. The second-order valence-corrected chi connectivity index (χ2v) is 4.97. The molecule has 1 aliphatic rings. The minimum Gasteiger partial charge on any atom is -0.462 e. The van der Waals surface area contributed by atoms with Crippen LogP contribution in [-0.4, -0.2) is 61.5 Å². The van der Waals surface area contributed by atoms with Crippen molar-refractivity contribution >= 4 is 23.9 Å². The van der Waals surface area contributed by atoms with E-state index >= 15 is 0 Å².